The molecule has 0 radical (unpaired) electrons. The zero-order chi connectivity index (χ0) is 19.0. The van der Waals surface area contributed by atoms with Gasteiger partial charge in [-0.3, -0.25) is 9.69 Å². The minimum Gasteiger partial charge on any atom is -0.337 e. The Balaban J connectivity index is 1.48. The molecule has 1 unspecified atom stereocenters. The van der Waals surface area contributed by atoms with Gasteiger partial charge in [-0.15, -0.1) is 0 Å². The van der Waals surface area contributed by atoms with Crippen molar-refractivity contribution in [2.24, 2.45) is 0 Å². The fraction of sp³-hybridized carbons (Fsp3) is 0.500. The molecule has 1 N–H and O–H groups in total. The Kier molecular flexibility index (Phi) is 4.97. The maximum atomic E-state index is 14.7. The number of hydrogen-bond acceptors (Lipinski definition) is 4. The molecule has 0 saturated carbocycles. The van der Waals surface area contributed by atoms with Crippen LogP contribution in [-0.4, -0.2) is 70.8 Å². The van der Waals surface area contributed by atoms with Crippen LogP contribution in [0.4, 0.5) is 4.39 Å². The van der Waals surface area contributed by atoms with Crippen LogP contribution >= 0.6 is 0 Å². The maximum absolute atomic E-state index is 14.7. The fourth-order valence-electron chi connectivity index (χ4n) is 4.14. The van der Waals surface area contributed by atoms with Crippen molar-refractivity contribution in [2.75, 3.05) is 39.3 Å². The lowest BCUT2D eigenvalue weighted by molar-refractivity contribution is 0.0773. The maximum Gasteiger partial charge on any atom is 0.254 e. The summed E-state index contributed by atoms with van der Waals surface area (Å²) in [6, 6.07) is 7.00. The van der Waals surface area contributed by atoms with Crippen LogP contribution in [0, 0.1) is 19.7 Å². The molecule has 2 saturated heterocycles. The summed E-state index contributed by atoms with van der Waals surface area (Å²) in [6.07, 6.45) is 0.984. The summed E-state index contributed by atoms with van der Waals surface area (Å²) in [5, 5.41) is 7.68. The highest BCUT2D eigenvalue weighted by molar-refractivity contribution is 5.94. The Morgan fingerprint density at radius 2 is 1.96 bits per heavy atom. The average Bonchev–Trinajstić information content (AvgIpc) is 3.28. The monoisotopic (exact) mass is 371 g/mol. The number of nitrogens with one attached hydrogen (secondary N) is 1. The van der Waals surface area contributed by atoms with E-state index >= 15 is 0 Å². The van der Waals surface area contributed by atoms with Crippen molar-refractivity contribution in [3.8, 4) is 5.69 Å². The van der Waals surface area contributed by atoms with Gasteiger partial charge in [0.1, 0.15) is 11.5 Å². The van der Waals surface area contributed by atoms with Gasteiger partial charge >= 0.3 is 0 Å². The van der Waals surface area contributed by atoms with E-state index < -0.39 is 5.82 Å². The molecule has 144 valence electrons. The Bertz CT molecular complexity index is 843. The SMILES string of the molecule is Cc1cc(C)n(-c2ccc(C(=O)N3CCC(N4CCNCC4)C3)cc2F)n1. The number of rotatable bonds is 3. The van der Waals surface area contributed by atoms with Crippen LogP contribution in [0.1, 0.15) is 28.2 Å². The lowest BCUT2D eigenvalue weighted by Gasteiger charge is -2.32. The molecule has 2 aliphatic heterocycles. The lowest BCUT2D eigenvalue weighted by Crippen LogP contribution is -2.49. The second kappa shape index (κ2) is 7.40. The van der Waals surface area contributed by atoms with E-state index in [-0.39, 0.29) is 5.91 Å². The second-order valence-electron chi connectivity index (χ2n) is 7.48. The van der Waals surface area contributed by atoms with Gasteiger partial charge in [-0.25, -0.2) is 9.07 Å². The van der Waals surface area contributed by atoms with Gasteiger partial charge in [0.25, 0.3) is 5.91 Å². The van der Waals surface area contributed by atoms with E-state index in [1.807, 2.05) is 24.8 Å². The predicted octanol–water partition coefficient (Wildman–Crippen LogP) is 1.75. The third-order valence-corrected chi connectivity index (χ3v) is 5.55. The molecule has 1 aromatic heterocycles. The number of halogens is 1. The third-order valence-electron chi connectivity index (χ3n) is 5.55. The van der Waals surface area contributed by atoms with Crippen LogP contribution in [-0.2, 0) is 0 Å². The van der Waals surface area contributed by atoms with Crippen LogP contribution in [0.25, 0.3) is 5.69 Å². The fourth-order valence-corrected chi connectivity index (χ4v) is 4.14. The summed E-state index contributed by atoms with van der Waals surface area (Å²) in [5.74, 6) is -0.517. The van der Waals surface area contributed by atoms with Gasteiger partial charge in [-0.1, -0.05) is 0 Å². The first-order chi connectivity index (χ1) is 13.0. The predicted molar refractivity (Wildman–Crippen MR) is 102 cm³/mol. The molecule has 27 heavy (non-hydrogen) atoms. The van der Waals surface area contributed by atoms with Gasteiger partial charge in [-0.05, 0) is 44.5 Å². The molecule has 2 aromatic rings. The van der Waals surface area contributed by atoms with E-state index in [1.54, 1.807) is 16.8 Å². The second-order valence-corrected chi connectivity index (χ2v) is 7.48. The molecule has 0 aliphatic carbocycles. The normalized spacial score (nSPS) is 21.0. The van der Waals surface area contributed by atoms with Crippen LogP contribution in [0.15, 0.2) is 24.3 Å². The lowest BCUT2D eigenvalue weighted by atomic mass is 10.1. The molecule has 4 rings (SSSR count). The van der Waals surface area contributed by atoms with E-state index in [1.165, 1.54) is 6.07 Å². The topological polar surface area (TPSA) is 53.4 Å². The van der Waals surface area contributed by atoms with Crippen molar-refractivity contribution in [1.82, 2.24) is 24.9 Å². The van der Waals surface area contributed by atoms with Crippen molar-refractivity contribution < 1.29 is 9.18 Å². The summed E-state index contributed by atoms with van der Waals surface area (Å²) < 4.78 is 16.3. The van der Waals surface area contributed by atoms with Gasteiger partial charge in [-0.2, -0.15) is 5.10 Å². The van der Waals surface area contributed by atoms with Crippen LogP contribution in [0.2, 0.25) is 0 Å². The van der Waals surface area contributed by atoms with E-state index in [9.17, 15) is 9.18 Å². The number of likely N-dealkylation sites (tertiary alicyclic amines) is 1. The zero-order valence-electron chi connectivity index (χ0n) is 15.9. The summed E-state index contributed by atoms with van der Waals surface area (Å²) >= 11 is 0. The van der Waals surface area contributed by atoms with Gasteiger partial charge in [0.05, 0.1) is 5.69 Å². The summed E-state index contributed by atoms with van der Waals surface area (Å²) in [5.41, 5.74) is 2.47. The Hall–Kier alpha value is -2.25. The van der Waals surface area contributed by atoms with E-state index in [0.29, 0.717) is 17.3 Å². The highest BCUT2D eigenvalue weighted by atomic mass is 19.1. The molecule has 1 aromatic carbocycles. The Labute approximate surface area is 158 Å². The van der Waals surface area contributed by atoms with Crippen molar-refractivity contribution >= 4 is 5.91 Å². The summed E-state index contributed by atoms with van der Waals surface area (Å²) in [7, 11) is 0. The van der Waals surface area contributed by atoms with E-state index in [4.69, 9.17) is 0 Å². The standard InChI is InChI=1S/C20H26FN5O/c1-14-11-15(2)26(23-14)19-4-3-16(12-18(19)21)20(27)25-8-5-17(13-25)24-9-6-22-7-10-24/h3-4,11-12,17,22H,5-10,13H2,1-2H3. The molecule has 3 heterocycles. The van der Waals surface area contributed by atoms with Crippen molar-refractivity contribution in [3.63, 3.8) is 0 Å². The number of piperazine rings is 1. The van der Waals surface area contributed by atoms with Crippen molar-refractivity contribution in [2.45, 2.75) is 26.3 Å². The molecule has 7 heteroatoms. The molecule has 0 bridgehead atoms. The molecular formula is C20H26FN5O. The number of carbonyl (C=O) groups excluding carboxylic acids is 1. The Morgan fingerprint density at radius 1 is 1.19 bits per heavy atom. The minimum atomic E-state index is -0.426. The number of benzene rings is 1. The van der Waals surface area contributed by atoms with Crippen LogP contribution in [0.3, 0.4) is 0 Å². The Morgan fingerprint density at radius 3 is 2.63 bits per heavy atom. The number of amides is 1. The molecule has 2 fully saturated rings. The number of hydrogen-bond donors (Lipinski definition) is 1. The first-order valence-corrected chi connectivity index (χ1v) is 9.60. The highest BCUT2D eigenvalue weighted by Gasteiger charge is 2.31. The quantitative estimate of drug-likeness (QED) is 0.893. The molecule has 2 aliphatic rings. The number of carbonyl (C=O) groups is 1. The largest absolute Gasteiger partial charge is 0.337 e. The van der Waals surface area contributed by atoms with Crippen molar-refractivity contribution in [1.29, 1.82) is 0 Å². The minimum absolute atomic E-state index is 0.0912. The molecule has 0 spiro atoms. The zero-order valence-corrected chi connectivity index (χ0v) is 15.9. The van der Waals surface area contributed by atoms with Gasteiger partial charge < -0.3 is 10.2 Å². The third kappa shape index (κ3) is 3.61. The smallest absolute Gasteiger partial charge is 0.254 e. The van der Waals surface area contributed by atoms with Crippen molar-refractivity contribution in [3.05, 3.63) is 47.0 Å². The highest BCUT2D eigenvalue weighted by Crippen LogP contribution is 2.22. The summed E-state index contributed by atoms with van der Waals surface area (Å²) in [6.45, 7) is 9.28. The van der Waals surface area contributed by atoms with Gasteiger partial charge in [0.2, 0.25) is 0 Å². The first kappa shape index (κ1) is 18.1. The first-order valence-electron chi connectivity index (χ1n) is 9.60. The van der Waals surface area contributed by atoms with E-state index in [2.05, 4.69) is 15.3 Å². The summed E-state index contributed by atoms with van der Waals surface area (Å²) in [4.78, 5) is 17.2. The van der Waals surface area contributed by atoms with E-state index in [0.717, 1.165) is 57.1 Å². The average molecular weight is 371 g/mol. The number of nitrogens with zero attached hydrogens (tertiary/aromatic N) is 4. The van der Waals surface area contributed by atoms with Crippen LogP contribution in [0.5, 0.6) is 0 Å². The number of aryl methyl sites for hydroxylation is 2. The molecule has 6 nitrogen and oxygen atoms in total. The van der Waals surface area contributed by atoms with Crippen LogP contribution < -0.4 is 5.32 Å². The number of aromatic nitrogens is 2. The van der Waals surface area contributed by atoms with Gasteiger partial charge in [0, 0.05) is 56.6 Å². The van der Waals surface area contributed by atoms with Gasteiger partial charge in [0.15, 0.2) is 0 Å². The molecule has 1 atom stereocenters. The molecular weight excluding hydrogens is 345 g/mol. The molecule has 1 amide bonds.